The van der Waals surface area contributed by atoms with E-state index in [0.29, 0.717) is 12.0 Å². The molecule has 0 bridgehead atoms. The Morgan fingerprint density at radius 1 is 1.40 bits per heavy atom. The standard InChI is InChI=1S/C16H25BrN2O/c1-18-11-12-6-4-5-9-19(2)16(12)14-10-13(20-3)7-8-15(14)17/h7-8,10,12,16,18H,4-6,9,11H2,1-3H3. The van der Waals surface area contributed by atoms with Crippen LogP contribution in [0.5, 0.6) is 5.75 Å². The highest BCUT2D eigenvalue weighted by atomic mass is 79.9. The molecule has 1 aromatic carbocycles. The largest absolute Gasteiger partial charge is 0.497 e. The zero-order valence-corrected chi connectivity index (χ0v) is 14.2. The van der Waals surface area contributed by atoms with Crippen LogP contribution in [0.15, 0.2) is 22.7 Å². The lowest BCUT2D eigenvalue weighted by atomic mass is 9.89. The molecular formula is C16H25BrN2O. The zero-order valence-electron chi connectivity index (χ0n) is 12.7. The van der Waals surface area contributed by atoms with Gasteiger partial charge in [0.1, 0.15) is 5.75 Å². The smallest absolute Gasteiger partial charge is 0.119 e. The lowest BCUT2D eigenvalue weighted by molar-refractivity contribution is 0.190. The average Bonchev–Trinajstić information content (AvgIpc) is 2.62. The van der Waals surface area contributed by atoms with Gasteiger partial charge in [0.15, 0.2) is 0 Å². The third-order valence-corrected chi connectivity index (χ3v) is 4.97. The van der Waals surface area contributed by atoms with Gasteiger partial charge in [-0.2, -0.15) is 0 Å². The molecular weight excluding hydrogens is 316 g/mol. The fourth-order valence-electron chi connectivity index (χ4n) is 3.27. The number of hydrogen-bond donors (Lipinski definition) is 1. The molecule has 1 aliphatic rings. The molecule has 112 valence electrons. The second kappa shape index (κ2) is 7.43. The van der Waals surface area contributed by atoms with E-state index in [-0.39, 0.29) is 0 Å². The summed E-state index contributed by atoms with van der Waals surface area (Å²) in [6.07, 6.45) is 3.88. The predicted molar refractivity (Wildman–Crippen MR) is 87.3 cm³/mol. The Morgan fingerprint density at radius 3 is 2.90 bits per heavy atom. The highest BCUT2D eigenvalue weighted by molar-refractivity contribution is 9.10. The van der Waals surface area contributed by atoms with Crippen LogP contribution < -0.4 is 10.1 Å². The molecule has 2 atom stereocenters. The van der Waals surface area contributed by atoms with E-state index in [4.69, 9.17) is 4.74 Å². The van der Waals surface area contributed by atoms with E-state index in [9.17, 15) is 0 Å². The Balaban J connectivity index is 2.37. The molecule has 1 aliphatic heterocycles. The van der Waals surface area contributed by atoms with E-state index in [1.807, 2.05) is 13.1 Å². The van der Waals surface area contributed by atoms with E-state index in [0.717, 1.165) is 18.8 Å². The fraction of sp³-hybridized carbons (Fsp3) is 0.625. The van der Waals surface area contributed by atoms with Crippen molar-refractivity contribution in [3.63, 3.8) is 0 Å². The summed E-state index contributed by atoms with van der Waals surface area (Å²) in [4.78, 5) is 2.49. The van der Waals surface area contributed by atoms with Crippen LogP contribution in [0.1, 0.15) is 30.9 Å². The molecule has 20 heavy (non-hydrogen) atoms. The molecule has 1 saturated heterocycles. The van der Waals surface area contributed by atoms with Gasteiger partial charge < -0.3 is 10.1 Å². The van der Waals surface area contributed by atoms with E-state index in [1.54, 1.807) is 7.11 Å². The van der Waals surface area contributed by atoms with Crippen molar-refractivity contribution in [2.75, 3.05) is 34.3 Å². The molecule has 1 N–H and O–H groups in total. The molecule has 1 aromatic rings. The van der Waals surface area contributed by atoms with Crippen molar-refractivity contribution in [2.24, 2.45) is 5.92 Å². The average molecular weight is 341 g/mol. The second-order valence-electron chi connectivity index (χ2n) is 5.63. The minimum Gasteiger partial charge on any atom is -0.497 e. The Bertz CT molecular complexity index is 438. The highest BCUT2D eigenvalue weighted by Crippen LogP contribution is 2.38. The number of methoxy groups -OCH3 is 1. The molecule has 1 fully saturated rings. The number of benzene rings is 1. The number of ether oxygens (including phenoxy) is 1. The molecule has 3 nitrogen and oxygen atoms in total. The summed E-state index contributed by atoms with van der Waals surface area (Å²) in [5.41, 5.74) is 1.34. The molecule has 4 heteroatoms. The minimum absolute atomic E-state index is 0.439. The monoisotopic (exact) mass is 340 g/mol. The minimum atomic E-state index is 0.439. The molecule has 2 rings (SSSR count). The van der Waals surface area contributed by atoms with Crippen molar-refractivity contribution < 1.29 is 4.74 Å². The van der Waals surface area contributed by atoms with Gasteiger partial charge in [0, 0.05) is 10.5 Å². The Labute approximate surface area is 130 Å². The summed E-state index contributed by atoms with van der Waals surface area (Å²) in [6.45, 7) is 2.22. The normalized spacial score (nSPS) is 24.4. The van der Waals surface area contributed by atoms with Crippen LogP contribution in [0.4, 0.5) is 0 Å². The maximum absolute atomic E-state index is 5.41. The first kappa shape index (κ1) is 15.8. The van der Waals surface area contributed by atoms with Crippen LogP contribution in [-0.2, 0) is 0 Å². The summed E-state index contributed by atoms with van der Waals surface area (Å²) in [5.74, 6) is 1.57. The van der Waals surface area contributed by atoms with Crippen LogP contribution in [0, 0.1) is 5.92 Å². The van der Waals surface area contributed by atoms with Gasteiger partial charge >= 0.3 is 0 Å². The van der Waals surface area contributed by atoms with Gasteiger partial charge in [-0.25, -0.2) is 0 Å². The molecule has 0 radical (unpaired) electrons. The molecule has 0 aliphatic carbocycles. The number of hydrogen-bond acceptors (Lipinski definition) is 3. The van der Waals surface area contributed by atoms with Crippen LogP contribution in [0.25, 0.3) is 0 Å². The van der Waals surface area contributed by atoms with Crippen LogP contribution in [-0.4, -0.2) is 39.2 Å². The zero-order chi connectivity index (χ0) is 14.5. The summed E-state index contributed by atoms with van der Waals surface area (Å²) in [6, 6.07) is 6.73. The van der Waals surface area contributed by atoms with Crippen LogP contribution >= 0.6 is 15.9 Å². The lowest BCUT2D eigenvalue weighted by Crippen LogP contribution is -2.34. The molecule has 0 spiro atoms. The van der Waals surface area contributed by atoms with Crippen molar-refractivity contribution in [1.82, 2.24) is 10.2 Å². The van der Waals surface area contributed by atoms with Crippen molar-refractivity contribution in [1.29, 1.82) is 0 Å². The Kier molecular flexibility index (Phi) is 5.87. The predicted octanol–water partition coefficient (Wildman–Crippen LogP) is 3.45. The number of nitrogens with zero attached hydrogens (tertiary/aromatic N) is 1. The van der Waals surface area contributed by atoms with E-state index in [2.05, 4.69) is 45.3 Å². The Morgan fingerprint density at radius 2 is 2.20 bits per heavy atom. The van der Waals surface area contributed by atoms with Gasteiger partial charge in [-0.1, -0.05) is 22.4 Å². The van der Waals surface area contributed by atoms with Gasteiger partial charge in [0.2, 0.25) is 0 Å². The van der Waals surface area contributed by atoms with E-state index >= 15 is 0 Å². The van der Waals surface area contributed by atoms with Crippen molar-refractivity contribution in [2.45, 2.75) is 25.3 Å². The van der Waals surface area contributed by atoms with Gasteiger partial charge in [0.25, 0.3) is 0 Å². The molecule has 0 aromatic heterocycles. The first-order valence-electron chi connectivity index (χ1n) is 7.35. The summed E-state index contributed by atoms with van der Waals surface area (Å²) < 4.78 is 6.59. The van der Waals surface area contributed by atoms with Crippen LogP contribution in [0.2, 0.25) is 0 Å². The van der Waals surface area contributed by atoms with Crippen molar-refractivity contribution in [3.8, 4) is 5.75 Å². The van der Waals surface area contributed by atoms with E-state index in [1.165, 1.54) is 29.3 Å². The van der Waals surface area contributed by atoms with Gasteiger partial charge in [-0.15, -0.1) is 0 Å². The summed E-state index contributed by atoms with van der Waals surface area (Å²) in [5, 5.41) is 3.36. The molecule has 1 heterocycles. The third kappa shape index (κ3) is 3.54. The number of likely N-dealkylation sites (tertiary alicyclic amines) is 1. The van der Waals surface area contributed by atoms with Gasteiger partial charge in [0.05, 0.1) is 7.11 Å². The fourth-order valence-corrected chi connectivity index (χ4v) is 3.75. The van der Waals surface area contributed by atoms with Gasteiger partial charge in [-0.3, -0.25) is 4.90 Å². The molecule has 0 saturated carbocycles. The highest BCUT2D eigenvalue weighted by Gasteiger charge is 2.30. The van der Waals surface area contributed by atoms with Crippen molar-refractivity contribution in [3.05, 3.63) is 28.2 Å². The van der Waals surface area contributed by atoms with Crippen LogP contribution in [0.3, 0.4) is 0 Å². The van der Waals surface area contributed by atoms with E-state index < -0.39 is 0 Å². The van der Waals surface area contributed by atoms with Crippen molar-refractivity contribution >= 4 is 15.9 Å². The SMILES string of the molecule is CNCC1CCCCN(C)C1c1cc(OC)ccc1Br. The quantitative estimate of drug-likeness (QED) is 0.908. The van der Waals surface area contributed by atoms with Gasteiger partial charge in [-0.05, 0) is 69.7 Å². The first-order valence-corrected chi connectivity index (χ1v) is 8.15. The third-order valence-electron chi connectivity index (χ3n) is 4.25. The topological polar surface area (TPSA) is 24.5 Å². The maximum Gasteiger partial charge on any atom is 0.119 e. The maximum atomic E-state index is 5.41. The first-order chi connectivity index (χ1) is 9.67. The summed E-state index contributed by atoms with van der Waals surface area (Å²) >= 11 is 3.72. The summed E-state index contributed by atoms with van der Waals surface area (Å²) in [7, 11) is 6.02. The number of rotatable bonds is 4. The molecule has 2 unspecified atom stereocenters. The number of halogens is 1. The number of nitrogens with one attached hydrogen (secondary N) is 1. The second-order valence-corrected chi connectivity index (χ2v) is 6.48. The Hall–Kier alpha value is -0.580. The lowest BCUT2D eigenvalue weighted by Gasteiger charge is -2.33. The molecule has 0 amide bonds.